The fraction of sp³-hybridized carbons (Fsp3) is 0.355. The summed E-state index contributed by atoms with van der Waals surface area (Å²) in [6.07, 6.45) is 0.357. The van der Waals surface area contributed by atoms with Gasteiger partial charge >= 0.3 is 0 Å². The summed E-state index contributed by atoms with van der Waals surface area (Å²) in [6.45, 7) is 7.83. The number of hydrogen-bond donors (Lipinski definition) is 1. The second kappa shape index (κ2) is 14.0. The smallest absolute Gasteiger partial charge is 0.264 e. The Balaban J connectivity index is 2.04. The van der Waals surface area contributed by atoms with E-state index in [9.17, 15) is 18.0 Å². The third-order valence-corrected chi connectivity index (χ3v) is 8.28. The predicted octanol–water partition coefficient (Wildman–Crippen LogP) is 4.78. The highest BCUT2D eigenvalue weighted by Crippen LogP contribution is 2.25. The first kappa shape index (κ1) is 30.7. The number of aryl methyl sites for hydroxylation is 1. The van der Waals surface area contributed by atoms with Gasteiger partial charge < -0.3 is 15.0 Å². The highest BCUT2D eigenvalue weighted by molar-refractivity contribution is 7.92. The summed E-state index contributed by atoms with van der Waals surface area (Å²) < 4.78 is 34.1. The second-order valence-electron chi connectivity index (χ2n) is 10.1. The van der Waals surface area contributed by atoms with Gasteiger partial charge in [0.25, 0.3) is 10.0 Å². The van der Waals surface area contributed by atoms with Crippen molar-refractivity contribution in [2.24, 2.45) is 5.92 Å². The maximum Gasteiger partial charge on any atom is 0.264 e. The number of amides is 2. The highest BCUT2D eigenvalue weighted by Gasteiger charge is 2.33. The van der Waals surface area contributed by atoms with E-state index in [0.717, 1.165) is 15.4 Å². The van der Waals surface area contributed by atoms with Crippen LogP contribution < -0.4 is 14.4 Å². The van der Waals surface area contributed by atoms with E-state index in [1.165, 1.54) is 17.0 Å². The van der Waals surface area contributed by atoms with Gasteiger partial charge in [-0.25, -0.2) is 8.42 Å². The van der Waals surface area contributed by atoms with Crippen LogP contribution in [0.25, 0.3) is 0 Å². The zero-order chi connectivity index (χ0) is 29.3. The van der Waals surface area contributed by atoms with Crippen molar-refractivity contribution >= 4 is 27.5 Å². The van der Waals surface area contributed by atoms with Crippen LogP contribution in [0.2, 0.25) is 0 Å². The molecule has 3 rings (SSSR count). The topological polar surface area (TPSA) is 96.0 Å². The van der Waals surface area contributed by atoms with E-state index in [0.29, 0.717) is 24.4 Å². The van der Waals surface area contributed by atoms with Gasteiger partial charge in [0, 0.05) is 13.1 Å². The summed E-state index contributed by atoms with van der Waals surface area (Å²) in [5, 5.41) is 2.93. The minimum absolute atomic E-state index is 0.0736. The van der Waals surface area contributed by atoms with Crippen LogP contribution in [0.15, 0.2) is 83.8 Å². The van der Waals surface area contributed by atoms with Crippen LogP contribution >= 0.6 is 0 Å². The van der Waals surface area contributed by atoms with E-state index < -0.39 is 28.5 Å². The average Bonchev–Trinajstić information content (AvgIpc) is 2.95. The number of anilines is 1. The van der Waals surface area contributed by atoms with Gasteiger partial charge in [-0.15, -0.1) is 0 Å². The fourth-order valence-corrected chi connectivity index (χ4v) is 5.70. The predicted molar refractivity (Wildman–Crippen MR) is 158 cm³/mol. The number of sulfonamides is 1. The molecule has 0 spiro atoms. The average molecular weight is 566 g/mol. The third-order valence-electron chi connectivity index (χ3n) is 6.49. The molecule has 214 valence electrons. The van der Waals surface area contributed by atoms with Crippen molar-refractivity contribution in [3.63, 3.8) is 0 Å². The van der Waals surface area contributed by atoms with E-state index >= 15 is 0 Å². The summed E-state index contributed by atoms with van der Waals surface area (Å²) in [5.74, 6) is 0.0851. The molecule has 40 heavy (non-hydrogen) atoms. The molecular formula is C31H39N3O5S. The number of ether oxygens (including phenoxy) is 1. The summed E-state index contributed by atoms with van der Waals surface area (Å²) in [7, 11) is -2.53. The molecule has 0 saturated carbocycles. The monoisotopic (exact) mass is 565 g/mol. The lowest BCUT2D eigenvalue weighted by atomic mass is 10.1. The first-order chi connectivity index (χ1) is 19.1. The minimum atomic E-state index is -4.09. The molecule has 0 aliphatic rings. The van der Waals surface area contributed by atoms with Crippen molar-refractivity contribution in [1.29, 1.82) is 0 Å². The number of hydrogen-bond acceptors (Lipinski definition) is 5. The van der Waals surface area contributed by atoms with Gasteiger partial charge in [-0.05, 0) is 61.2 Å². The molecule has 0 radical (unpaired) electrons. The number of carbonyl (C=O) groups is 2. The standard InChI is InChI=1S/C31H39N3O5S/c1-6-29(31(36)32-20-23(2)3)33(21-25-11-10-12-27(19-25)39-5)30(35)22-34(26-17-15-24(4)16-18-26)40(37,38)28-13-8-7-9-14-28/h7-19,23,29H,6,20-22H2,1-5H3,(H,32,36)/t29-/m0/s1. The lowest BCUT2D eigenvalue weighted by Gasteiger charge is -2.33. The zero-order valence-corrected chi connectivity index (χ0v) is 24.6. The molecule has 0 unspecified atom stereocenters. The molecule has 3 aromatic carbocycles. The van der Waals surface area contributed by atoms with Crippen molar-refractivity contribution < 1.29 is 22.7 Å². The van der Waals surface area contributed by atoms with Crippen molar-refractivity contribution in [2.45, 2.75) is 51.6 Å². The van der Waals surface area contributed by atoms with Crippen molar-refractivity contribution in [2.75, 3.05) is 24.5 Å². The molecule has 0 fully saturated rings. The van der Waals surface area contributed by atoms with E-state index in [1.807, 2.05) is 39.8 Å². The maximum atomic E-state index is 14.1. The van der Waals surface area contributed by atoms with Gasteiger partial charge in [-0.1, -0.05) is 68.8 Å². The molecule has 3 aromatic rings. The third kappa shape index (κ3) is 7.85. The molecule has 1 N–H and O–H groups in total. The van der Waals surface area contributed by atoms with Gasteiger partial charge in [0.05, 0.1) is 17.7 Å². The van der Waals surface area contributed by atoms with E-state index in [2.05, 4.69) is 5.32 Å². The minimum Gasteiger partial charge on any atom is -0.497 e. The van der Waals surface area contributed by atoms with E-state index in [-0.39, 0.29) is 23.3 Å². The van der Waals surface area contributed by atoms with Crippen LogP contribution in [0.4, 0.5) is 5.69 Å². The number of rotatable bonds is 13. The van der Waals surface area contributed by atoms with Crippen molar-refractivity contribution in [3.8, 4) is 5.75 Å². The molecule has 0 saturated heterocycles. The summed E-state index contributed by atoms with van der Waals surface area (Å²) in [5.41, 5.74) is 2.08. The Morgan fingerprint density at radius 1 is 0.950 bits per heavy atom. The number of methoxy groups -OCH3 is 1. The highest BCUT2D eigenvalue weighted by atomic mass is 32.2. The van der Waals surface area contributed by atoms with Crippen LogP contribution in [0, 0.1) is 12.8 Å². The number of carbonyl (C=O) groups excluding carboxylic acids is 2. The summed E-state index contributed by atoms with van der Waals surface area (Å²) >= 11 is 0. The molecule has 1 atom stereocenters. The molecule has 0 bridgehead atoms. The maximum absolute atomic E-state index is 14.1. The van der Waals surface area contributed by atoms with E-state index in [4.69, 9.17) is 4.74 Å². The van der Waals surface area contributed by atoms with Gasteiger partial charge in [0.2, 0.25) is 11.8 Å². The first-order valence-electron chi connectivity index (χ1n) is 13.4. The molecule has 8 nitrogen and oxygen atoms in total. The normalized spacial score (nSPS) is 12.1. The Hall–Kier alpha value is -3.85. The van der Waals surface area contributed by atoms with E-state index in [1.54, 1.807) is 61.7 Å². The Kier molecular flexibility index (Phi) is 10.7. The number of benzene rings is 3. The van der Waals surface area contributed by atoms with Crippen LogP contribution in [0.3, 0.4) is 0 Å². The Morgan fingerprint density at radius 3 is 2.23 bits per heavy atom. The van der Waals surface area contributed by atoms with Crippen LogP contribution in [0.1, 0.15) is 38.3 Å². The van der Waals surface area contributed by atoms with Gasteiger partial charge in [-0.2, -0.15) is 0 Å². The van der Waals surface area contributed by atoms with Gasteiger partial charge in [0.15, 0.2) is 0 Å². The van der Waals surface area contributed by atoms with Gasteiger partial charge in [-0.3, -0.25) is 13.9 Å². The number of nitrogens with one attached hydrogen (secondary N) is 1. The number of nitrogens with zero attached hydrogens (tertiary/aromatic N) is 2. The Bertz CT molecular complexity index is 1380. The van der Waals surface area contributed by atoms with Crippen LogP contribution in [0.5, 0.6) is 5.75 Å². The molecule has 2 amide bonds. The quantitative estimate of drug-likeness (QED) is 0.322. The second-order valence-corrected chi connectivity index (χ2v) is 12.0. The first-order valence-corrected chi connectivity index (χ1v) is 14.8. The Labute approximate surface area is 238 Å². The lowest BCUT2D eigenvalue weighted by Crippen LogP contribution is -2.52. The summed E-state index contributed by atoms with van der Waals surface area (Å²) in [6, 6.07) is 21.5. The van der Waals surface area contributed by atoms with Crippen molar-refractivity contribution in [3.05, 3.63) is 90.0 Å². The zero-order valence-electron chi connectivity index (χ0n) is 23.8. The molecule has 0 aromatic heterocycles. The van der Waals surface area contributed by atoms with Crippen LogP contribution in [-0.4, -0.2) is 51.4 Å². The van der Waals surface area contributed by atoms with Crippen molar-refractivity contribution in [1.82, 2.24) is 10.2 Å². The SMILES string of the molecule is CC[C@@H](C(=O)NCC(C)C)N(Cc1cccc(OC)c1)C(=O)CN(c1ccc(C)cc1)S(=O)(=O)c1ccccc1. The largest absolute Gasteiger partial charge is 0.497 e. The Morgan fingerprint density at radius 2 is 1.62 bits per heavy atom. The molecular weight excluding hydrogens is 526 g/mol. The lowest BCUT2D eigenvalue weighted by molar-refractivity contribution is -0.140. The molecule has 0 aliphatic carbocycles. The molecule has 0 heterocycles. The molecule has 9 heteroatoms. The fourth-order valence-electron chi connectivity index (χ4n) is 4.27. The summed E-state index contributed by atoms with van der Waals surface area (Å²) in [4.78, 5) is 28.9. The van der Waals surface area contributed by atoms with Crippen LogP contribution in [-0.2, 0) is 26.2 Å². The van der Waals surface area contributed by atoms with Gasteiger partial charge in [0.1, 0.15) is 18.3 Å². The molecule has 0 aliphatic heterocycles.